The molecule has 1 amide bonds. The van der Waals surface area contributed by atoms with Crippen LogP contribution in [-0.2, 0) is 0 Å². The van der Waals surface area contributed by atoms with Gasteiger partial charge in [-0.15, -0.1) is 0 Å². The number of rotatable bonds is 2. The number of aryl methyl sites for hydroxylation is 1. The molecule has 0 aliphatic rings. The fourth-order valence-corrected chi connectivity index (χ4v) is 1.26. The van der Waals surface area contributed by atoms with Gasteiger partial charge in [-0.1, -0.05) is 11.6 Å². The van der Waals surface area contributed by atoms with Gasteiger partial charge in [0.05, 0.1) is 12.4 Å². The van der Waals surface area contributed by atoms with Crippen LogP contribution in [0.1, 0.15) is 16.2 Å². The van der Waals surface area contributed by atoms with Gasteiger partial charge in [-0.05, 0) is 6.92 Å². The molecular weight excluding hydrogens is 230 g/mol. The lowest BCUT2D eigenvalue weighted by molar-refractivity contribution is 0.102. The van der Waals surface area contributed by atoms with E-state index in [0.717, 1.165) is 5.69 Å². The van der Waals surface area contributed by atoms with Gasteiger partial charge in [0.25, 0.3) is 5.91 Å². The molecule has 2 heterocycles. The maximum absolute atomic E-state index is 11.6. The van der Waals surface area contributed by atoms with Crippen LogP contribution in [0.4, 0.5) is 5.82 Å². The molecule has 0 saturated heterocycles. The van der Waals surface area contributed by atoms with Crippen LogP contribution in [0.15, 0.2) is 18.5 Å². The van der Waals surface area contributed by atoms with Crippen molar-refractivity contribution in [3.05, 3.63) is 35.0 Å². The van der Waals surface area contributed by atoms with Crippen molar-refractivity contribution in [2.24, 2.45) is 0 Å². The summed E-state index contributed by atoms with van der Waals surface area (Å²) in [4.78, 5) is 19.2. The summed E-state index contributed by atoms with van der Waals surface area (Å²) in [7, 11) is 0. The van der Waals surface area contributed by atoms with Gasteiger partial charge in [0.1, 0.15) is 10.8 Å². The average molecular weight is 238 g/mol. The van der Waals surface area contributed by atoms with Crippen molar-refractivity contribution in [3.63, 3.8) is 0 Å². The number of hydrogen-bond donors (Lipinski definition) is 2. The van der Waals surface area contributed by atoms with E-state index in [1.54, 1.807) is 6.07 Å². The minimum Gasteiger partial charge on any atom is -0.304 e. The number of aromatic amines is 1. The van der Waals surface area contributed by atoms with Crippen LogP contribution in [0, 0.1) is 6.92 Å². The fraction of sp³-hybridized carbons (Fsp3) is 0.111. The molecule has 0 fully saturated rings. The number of H-pyrrole nitrogens is 1. The monoisotopic (exact) mass is 237 g/mol. The van der Waals surface area contributed by atoms with E-state index in [1.807, 2.05) is 6.92 Å². The van der Waals surface area contributed by atoms with E-state index in [1.165, 1.54) is 12.4 Å². The maximum Gasteiger partial charge on any atom is 0.277 e. The molecule has 2 aromatic heterocycles. The predicted octanol–water partition coefficient (Wildman–Crippen LogP) is 1.41. The number of amides is 1. The quantitative estimate of drug-likeness (QED) is 0.827. The maximum atomic E-state index is 11.6. The van der Waals surface area contributed by atoms with E-state index in [0.29, 0.717) is 5.82 Å². The van der Waals surface area contributed by atoms with Crippen LogP contribution in [-0.4, -0.2) is 26.1 Å². The van der Waals surface area contributed by atoms with Crippen molar-refractivity contribution in [2.75, 3.05) is 5.32 Å². The van der Waals surface area contributed by atoms with E-state index >= 15 is 0 Å². The molecule has 2 rings (SSSR count). The molecule has 2 aromatic rings. The van der Waals surface area contributed by atoms with Crippen molar-refractivity contribution in [1.82, 2.24) is 20.2 Å². The van der Waals surface area contributed by atoms with E-state index in [-0.39, 0.29) is 10.8 Å². The normalized spacial score (nSPS) is 10.1. The third-order valence-corrected chi connectivity index (χ3v) is 1.97. The molecule has 0 spiro atoms. The number of carbonyl (C=O) groups excluding carboxylic acids is 1. The van der Waals surface area contributed by atoms with Crippen LogP contribution in [0.3, 0.4) is 0 Å². The van der Waals surface area contributed by atoms with E-state index in [4.69, 9.17) is 11.6 Å². The molecule has 0 aliphatic carbocycles. The fourth-order valence-electron chi connectivity index (χ4n) is 1.11. The summed E-state index contributed by atoms with van der Waals surface area (Å²) in [6.07, 6.45) is 2.69. The Kier molecular flexibility index (Phi) is 2.82. The zero-order valence-corrected chi connectivity index (χ0v) is 9.12. The van der Waals surface area contributed by atoms with Gasteiger partial charge < -0.3 is 5.32 Å². The highest BCUT2D eigenvalue weighted by atomic mass is 35.5. The number of nitrogens with zero attached hydrogens (tertiary/aromatic N) is 3. The summed E-state index contributed by atoms with van der Waals surface area (Å²) in [5.74, 6) is 0.0331. The van der Waals surface area contributed by atoms with Gasteiger partial charge in [0.15, 0.2) is 5.82 Å². The molecular formula is C9H8ClN5O. The van der Waals surface area contributed by atoms with Crippen LogP contribution in [0.5, 0.6) is 0 Å². The molecule has 6 nitrogen and oxygen atoms in total. The first-order valence-corrected chi connectivity index (χ1v) is 4.84. The Morgan fingerprint density at radius 3 is 2.94 bits per heavy atom. The number of anilines is 1. The first-order chi connectivity index (χ1) is 7.65. The molecule has 2 N–H and O–H groups in total. The number of hydrogen-bond acceptors (Lipinski definition) is 4. The Balaban J connectivity index is 2.14. The Hall–Kier alpha value is -1.95. The molecule has 0 saturated carbocycles. The second-order valence-electron chi connectivity index (χ2n) is 3.12. The molecule has 16 heavy (non-hydrogen) atoms. The number of halogens is 1. The largest absolute Gasteiger partial charge is 0.304 e. The first kappa shape index (κ1) is 10.6. The smallest absolute Gasteiger partial charge is 0.277 e. The third kappa shape index (κ3) is 2.34. The van der Waals surface area contributed by atoms with Crippen LogP contribution in [0.25, 0.3) is 0 Å². The van der Waals surface area contributed by atoms with Crippen LogP contribution >= 0.6 is 11.6 Å². The highest BCUT2D eigenvalue weighted by Crippen LogP contribution is 2.07. The number of carbonyl (C=O) groups is 1. The molecule has 0 radical (unpaired) electrons. The van der Waals surface area contributed by atoms with Crippen molar-refractivity contribution in [2.45, 2.75) is 6.92 Å². The van der Waals surface area contributed by atoms with Gasteiger partial charge >= 0.3 is 0 Å². The minimum absolute atomic E-state index is 0.146. The average Bonchev–Trinajstić information content (AvgIpc) is 2.64. The molecule has 82 valence electrons. The predicted molar refractivity (Wildman–Crippen MR) is 58.3 cm³/mol. The Morgan fingerprint density at radius 1 is 1.50 bits per heavy atom. The van der Waals surface area contributed by atoms with Gasteiger partial charge in [-0.2, -0.15) is 5.10 Å². The topological polar surface area (TPSA) is 83.6 Å². The van der Waals surface area contributed by atoms with Crippen molar-refractivity contribution in [1.29, 1.82) is 0 Å². The zero-order chi connectivity index (χ0) is 11.5. The minimum atomic E-state index is -0.401. The molecule has 0 bridgehead atoms. The number of aromatic nitrogens is 4. The van der Waals surface area contributed by atoms with E-state index < -0.39 is 5.91 Å². The zero-order valence-electron chi connectivity index (χ0n) is 8.36. The highest BCUT2D eigenvalue weighted by Gasteiger charge is 2.10. The molecule has 0 aliphatic heterocycles. The van der Waals surface area contributed by atoms with Crippen LogP contribution < -0.4 is 5.32 Å². The standard InChI is InChI=1S/C9H8ClN5O/c1-5-2-8(15-14-5)13-9(16)6-3-11-4-7(10)12-6/h2-4H,1H3,(H2,13,14,15,16). The molecule has 0 atom stereocenters. The Labute approximate surface area is 96.1 Å². The molecule has 0 aromatic carbocycles. The lowest BCUT2D eigenvalue weighted by Gasteiger charge is -2.00. The Morgan fingerprint density at radius 2 is 2.31 bits per heavy atom. The number of nitrogens with one attached hydrogen (secondary N) is 2. The van der Waals surface area contributed by atoms with Crippen LogP contribution in [0.2, 0.25) is 5.15 Å². The molecule has 0 unspecified atom stereocenters. The third-order valence-electron chi connectivity index (χ3n) is 1.79. The van der Waals surface area contributed by atoms with Gasteiger partial charge in [-0.25, -0.2) is 4.98 Å². The SMILES string of the molecule is Cc1cc(NC(=O)c2cncc(Cl)n2)n[nH]1. The van der Waals surface area contributed by atoms with Crippen molar-refractivity contribution in [3.8, 4) is 0 Å². The summed E-state index contributed by atoms with van der Waals surface area (Å²) < 4.78 is 0. The lowest BCUT2D eigenvalue weighted by atomic mass is 10.4. The first-order valence-electron chi connectivity index (χ1n) is 4.46. The van der Waals surface area contributed by atoms with Crippen molar-refractivity contribution >= 4 is 23.3 Å². The summed E-state index contributed by atoms with van der Waals surface area (Å²) in [6, 6.07) is 1.70. The van der Waals surface area contributed by atoms with E-state index in [2.05, 4.69) is 25.5 Å². The summed E-state index contributed by atoms with van der Waals surface area (Å²) in [6.45, 7) is 1.84. The Bertz CT molecular complexity index is 524. The van der Waals surface area contributed by atoms with E-state index in [9.17, 15) is 4.79 Å². The summed E-state index contributed by atoms with van der Waals surface area (Å²) >= 11 is 5.62. The summed E-state index contributed by atoms with van der Waals surface area (Å²) in [5.41, 5.74) is 1.00. The highest BCUT2D eigenvalue weighted by molar-refractivity contribution is 6.29. The van der Waals surface area contributed by atoms with Gasteiger partial charge in [-0.3, -0.25) is 14.9 Å². The second-order valence-corrected chi connectivity index (χ2v) is 3.50. The molecule has 7 heteroatoms. The van der Waals surface area contributed by atoms with Crippen molar-refractivity contribution < 1.29 is 4.79 Å². The lowest BCUT2D eigenvalue weighted by Crippen LogP contribution is -2.14. The van der Waals surface area contributed by atoms with Gasteiger partial charge in [0.2, 0.25) is 0 Å². The second kappa shape index (κ2) is 4.28. The summed E-state index contributed by atoms with van der Waals surface area (Å²) in [5, 5.41) is 9.31. The van der Waals surface area contributed by atoms with Gasteiger partial charge in [0, 0.05) is 11.8 Å².